The summed E-state index contributed by atoms with van der Waals surface area (Å²) in [6.45, 7) is 5.95. The lowest BCUT2D eigenvalue weighted by atomic mass is 9.68. The van der Waals surface area contributed by atoms with Gasteiger partial charge in [0.05, 0.1) is 11.6 Å². The van der Waals surface area contributed by atoms with Crippen molar-refractivity contribution in [1.82, 2.24) is 14.4 Å². The number of carboxylic acids is 1. The van der Waals surface area contributed by atoms with Crippen LogP contribution in [0.3, 0.4) is 0 Å². The minimum absolute atomic E-state index is 0.0124. The van der Waals surface area contributed by atoms with E-state index < -0.39 is 11.4 Å². The lowest BCUT2D eigenvalue weighted by molar-refractivity contribution is -0.154. The molecule has 1 saturated carbocycles. The van der Waals surface area contributed by atoms with E-state index >= 15 is 0 Å². The van der Waals surface area contributed by atoms with Crippen LogP contribution >= 0.6 is 27.5 Å². The molecule has 3 rings (SSSR count). The average molecular weight is 416 g/mol. The van der Waals surface area contributed by atoms with Crippen molar-refractivity contribution in [3.8, 4) is 0 Å². The molecule has 3 atom stereocenters. The van der Waals surface area contributed by atoms with Crippen molar-refractivity contribution in [3.05, 3.63) is 21.8 Å². The Labute approximate surface area is 153 Å². The molecule has 0 aliphatic heterocycles. The maximum Gasteiger partial charge on any atom is 0.310 e. The molecule has 2 aromatic rings. The zero-order valence-electron chi connectivity index (χ0n) is 13.8. The number of aliphatic carboxylic acids is 1. The molecule has 0 saturated heterocycles. The van der Waals surface area contributed by atoms with Gasteiger partial charge in [0.2, 0.25) is 0 Å². The molecular formula is C16H20BrClN4O2. The van der Waals surface area contributed by atoms with E-state index in [1.54, 1.807) is 4.40 Å². The Bertz CT molecular complexity index is 822. The number of nitrogen functional groups attached to an aromatic ring is 1. The van der Waals surface area contributed by atoms with Gasteiger partial charge in [-0.3, -0.25) is 9.20 Å². The molecule has 3 unspecified atom stereocenters. The first-order chi connectivity index (χ1) is 11.2. The quantitative estimate of drug-likeness (QED) is 0.791. The SMILES string of the molecule is CC(C)C1(C(=O)O)CCC(c2nc(Br)c3c(N)ncc(Cl)n23)C1C. The number of nitrogens with two attached hydrogens (primary N) is 1. The van der Waals surface area contributed by atoms with E-state index in [-0.39, 0.29) is 17.8 Å². The molecule has 6 nitrogen and oxygen atoms in total. The number of carboxylic acid groups (broad SMARTS) is 1. The monoisotopic (exact) mass is 414 g/mol. The number of hydrogen-bond acceptors (Lipinski definition) is 4. The molecule has 0 spiro atoms. The van der Waals surface area contributed by atoms with E-state index in [0.29, 0.717) is 27.5 Å². The van der Waals surface area contributed by atoms with Gasteiger partial charge < -0.3 is 10.8 Å². The fourth-order valence-electron chi connectivity index (χ4n) is 4.28. The van der Waals surface area contributed by atoms with Gasteiger partial charge in [-0.25, -0.2) is 9.97 Å². The van der Waals surface area contributed by atoms with Gasteiger partial charge in [-0.15, -0.1) is 0 Å². The highest BCUT2D eigenvalue weighted by Gasteiger charge is 2.54. The lowest BCUT2D eigenvalue weighted by Gasteiger charge is -2.34. The summed E-state index contributed by atoms with van der Waals surface area (Å²) in [5.41, 5.74) is 5.84. The summed E-state index contributed by atoms with van der Waals surface area (Å²) in [6, 6.07) is 0. The van der Waals surface area contributed by atoms with Crippen molar-refractivity contribution < 1.29 is 9.90 Å². The first-order valence-corrected chi connectivity index (χ1v) is 9.10. The van der Waals surface area contributed by atoms with Gasteiger partial charge in [-0.1, -0.05) is 32.4 Å². The molecule has 1 aliphatic carbocycles. The van der Waals surface area contributed by atoms with Crippen LogP contribution in [0.4, 0.5) is 5.82 Å². The minimum Gasteiger partial charge on any atom is -0.481 e. The van der Waals surface area contributed by atoms with Gasteiger partial charge in [0, 0.05) is 5.92 Å². The van der Waals surface area contributed by atoms with Crippen molar-refractivity contribution >= 4 is 44.8 Å². The molecule has 0 aromatic carbocycles. The van der Waals surface area contributed by atoms with Gasteiger partial charge >= 0.3 is 5.97 Å². The second-order valence-corrected chi connectivity index (χ2v) is 7.98. The lowest BCUT2D eigenvalue weighted by Crippen LogP contribution is -2.39. The number of rotatable bonds is 3. The first kappa shape index (κ1) is 17.5. The topological polar surface area (TPSA) is 93.5 Å². The first-order valence-electron chi connectivity index (χ1n) is 7.93. The van der Waals surface area contributed by atoms with Crippen LogP contribution in [0.1, 0.15) is 45.4 Å². The number of carbonyl (C=O) groups is 1. The Kier molecular flexibility index (Phi) is 4.28. The van der Waals surface area contributed by atoms with Gasteiger partial charge in [0.25, 0.3) is 0 Å². The highest BCUT2D eigenvalue weighted by Crippen LogP contribution is 2.55. The highest BCUT2D eigenvalue weighted by molar-refractivity contribution is 9.10. The molecular weight excluding hydrogens is 396 g/mol. The van der Waals surface area contributed by atoms with Crippen molar-refractivity contribution in [2.75, 3.05) is 5.73 Å². The van der Waals surface area contributed by atoms with Gasteiger partial charge in [-0.2, -0.15) is 0 Å². The highest BCUT2D eigenvalue weighted by atomic mass is 79.9. The summed E-state index contributed by atoms with van der Waals surface area (Å²) in [7, 11) is 0. The number of imidazole rings is 1. The third kappa shape index (κ3) is 2.24. The summed E-state index contributed by atoms with van der Waals surface area (Å²) in [4.78, 5) is 20.7. The Balaban J connectivity index is 2.17. The molecule has 2 aromatic heterocycles. The zero-order valence-corrected chi connectivity index (χ0v) is 16.1. The standard InChI is InChI=1S/C16H20BrClN4O2/c1-7(2)16(15(23)24)5-4-9(8(16)3)14-21-12(17)11-13(19)20-6-10(18)22(11)14/h6-9H,4-5H2,1-3H3,(H2,19,20)(H,23,24). The molecule has 3 N–H and O–H groups in total. The molecule has 0 amide bonds. The van der Waals surface area contributed by atoms with Crippen LogP contribution in [0.5, 0.6) is 0 Å². The molecule has 1 aliphatic rings. The maximum absolute atomic E-state index is 12.0. The second kappa shape index (κ2) is 5.88. The Morgan fingerprint density at radius 1 is 1.58 bits per heavy atom. The summed E-state index contributed by atoms with van der Waals surface area (Å²) < 4.78 is 2.36. The molecule has 1 fully saturated rings. The van der Waals surface area contributed by atoms with Gasteiger partial charge in [0.1, 0.15) is 21.1 Å². The van der Waals surface area contributed by atoms with Crippen LogP contribution < -0.4 is 5.73 Å². The normalized spacial score (nSPS) is 27.2. The van der Waals surface area contributed by atoms with Gasteiger partial charge in [0.15, 0.2) is 5.82 Å². The number of anilines is 1. The van der Waals surface area contributed by atoms with Crippen molar-refractivity contribution in [2.24, 2.45) is 17.3 Å². The fourth-order valence-corrected chi connectivity index (χ4v) is 5.07. The predicted octanol–water partition coefficient (Wildman–Crippen LogP) is 3.97. The van der Waals surface area contributed by atoms with Crippen LogP contribution in [-0.4, -0.2) is 25.4 Å². The summed E-state index contributed by atoms with van der Waals surface area (Å²) in [5.74, 6) is 0.294. The number of aromatic nitrogens is 3. The molecule has 2 heterocycles. The second-order valence-electron chi connectivity index (χ2n) is 6.85. The van der Waals surface area contributed by atoms with E-state index in [0.717, 1.165) is 12.2 Å². The maximum atomic E-state index is 12.0. The Morgan fingerprint density at radius 3 is 2.79 bits per heavy atom. The molecule has 24 heavy (non-hydrogen) atoms. The van der Waals surface area contributed by atoms with E-state index in [4.69, 9.17) is 17.3 Å². The van der Waals surface area contributed by atoms with E-state index in [1.165, 1.54) is 6.20 Å². The summed E-state index contributed by atoms with van der Waals surface area (Å²) in [5, 5.41) is 10.3. The summed E-state index contributed by atoms with van der Waals surface area (Å²) in [6.07, 6.45) is 2.86. The van der Waals surface area contributed by atoms with Crippen molar-refractivity contribution in [1.29, 1.82) is 0 Å². The molecule has 0 bridgehead atoms. The zero-order chi connectivity index (χ0) is 17.8. The van der Waals surface area contributed by atoms with Crippen LogP contribution in [0.2, 0.25) is 5.15 Å². The fraction of sp³-hybridized carbons (Fsp3) is 0.562. The smallest absolute Gasteiger partial charge is 0.310 e. The number of nitrogens with zero attached hydrogens (tertiary/aromatic N) is 3. The minimum atomic E-state index is -0.756. The Hall–Kier alpha value is -1.34. The van der Waals surface area contributed by atoms with Crippen LogP contribution in [0, 0.1) is 17.3 Å². The molecule has 0 radical (unpaired) electrons. The van der Waals surface area contributed by atoms with Crippen LogP contribution in [-0.2, 0) is 4.79 Å². The molecule has 130 valence electrons. The number of halogens is 2. The van der Waals surface area contributed by atoms with E-state index in [9.17, 15) is 9.90 Å². The van der Waals surface area contributed by atoms with Crippen molar-refractivity contribution in [2.45, 2.75) is 39.5 Å². The molecule has 8 heteroatoms. The van der Waals surface area contributed by atoms with E-state index in [2.05, 4.69) is 25.9 Å². The third-order valence-electron chi connectivity index (χ3n) is 5.67. The van der Waals surface area contributed by atoms with E-state index in [1.807, 2.05) is 20.8 Å². The number of hydrogen-bond donors (Lipinski definition) is 2. The third-order valence-corrected chi connectivity index (χ3v) is 6.49. The number of fused-ring (bicyclic) bond motifs is 1. The summed E-state index contributed by atoms with van der Waals surface area (Å²) >= 11 is 9.77. The van der Waals surface area contributed by atoms with Gasteiger partial charge in [-0.05, 0) is 40.6 Å². The average Bonchev–Trinajstić information content (AvgIpc) is 3.02. The van der Waals surface area contributed by atoms with Crippen LogP contribution in [0.15, 0.2) is 10.8 Å². The van der Waals surface area contributed by atoms with Crippen molar-refractivity contribution in [3.63, 3.8) is 0 Å². The van der Waals surface area contributed by atoms with Crippen LogP contribution in [0.25, 0.3) is 5.52 Å². The Morgan fingerprint density at radius 2 is 2.25 bits per heavy atom. The largest absolute Gasteiger partial charge is 0.481 e. The predicted molar refractivity (Wildman–Crippen MR) is 96.2 cm³/mol.